The van der Waals surface area contributed by atoms with Crippen molar-refractivity contribution in [3.05, 3.63) is 35.4 Å². The van der Waals surface area contributed by atoms with Gasteiger partial charge in [-0.2, -0.15) is 0 Å². The predicted octanol–water partition coefficient (Wildman–Crippen LogP) is 2.00. The second-order valence-electron chi connectivity index (χ2n) is 6.31. The third-order valence-corrected chi connectivity index (χ3v) is 4.71. The van der Waals surface area contributed by atoms with E-state index in [-0.39, 0.29) is 5.41 Å². The zero-order valence-electron chi connectivity index (χ0n) is 11.9. The van der Waals surface area contributed by atoms with Gasteiger partial charge in [0.25, 0.3) is 0 Å². The first-order valence-corrected chi connectivity index (χ1v) is 7.46. The van der Waals surface area contributed by atoms with Crippen LogP contribution in [0.25, 0.3) is 0 Å². The molecule has 3 rings (SSSR count). The van der Waals surface area contributed by atoms with Gasteiger partial charge in [-0.1, -0.05) is 29.4 Å². The Morgan fingerprint density at radius 1 is 1.20 bits per heavy atom. The van der Waals surface area contributed by atoms with Crippen molar-refractivity contribution >= 4 is 5.84 Å². The second-order valence-corrected chi connectivity index (χ2v) is 6.31. The Labute approximate surface area is 120 Å². The van der Waals surface area contributed by atoms with Crippen LogP contribution in [-0.4, -0.2) is 35.6 Å². The molecule has 108 valence electrons. The van der Waals surface area contributed by atoms with E-state index in [1.165, 1.54) is 24.0 Å². The van der Waals surface area contributed by atoms with Crippen molar-refractivity contribution < 1.29 is 5.21 Å². The van der Waals surface area contributed by atoms with E-state index in [9.17, 15) is 0 Å². The molecule has 1 fully saturated rings. The summed E-state index contributed by atoms with van der Waals surface area (Å²) in [7, 11) is 0. The lowest BCUT2D eigenvalue weighted by molar-refractivity contribution is 0.229. The molecular formula is C16H23N3O. The monoisotopic (exact) mass is 273 g/mol. The van der Waals surface area contributed by atoms with Crippen molar-refractivity contribution in [3.8, 4) is 0 Å². The lowest BCUT2D eigenvalue weighted by Gasteiger charge is -2.25. The molecule has 1 aromatic rings. The second kappa shape index (κ2) is 5.44. The topological polar surface area (TPSA) is 61.8 Å². The maximum absolute atomic E-state index is 8.74. The molecule has 1 aromatic carbocycles. The van der Waals surface area contributed by atoms with Crippen molar-refractivity contribution in [1.82, 2.24) is 4.90 Å². The molecule has 20 heavy (non-hydrogen) atoms. The van der Waals surface area contributed by atoms with Gasteiger partial charge in [-0.3, -0.25) is 0 Å². The van der Waals surface area contributed by atoms with E-state index < -0.39 is 0 Å². The fraction of sp³-hybridized carbons (Fsp3) is 0.562. The van der Waals surface area contributed by atoms with Gasteiger partial charge in [0.1, 0.15) is 5.84 Å². The molecule has 0 unspecified atom stereocenters. The van der Waals surface area contributed by atoms with E-state index in [1.54, 1.807) is 0 Å². The minimum atomic E-state index is 0.271. The van der Waals surface area contributed by atoms with E-state index in [2.05, 4.69) is 34.3 Å². The lowest BCUT2D eigenvalue weighted by Crippen LogP contribution is -2.34. The van der Waals surface area contributed by atoms with Gasteiger partial charge in [0, 0.05) is 26.1 Å². The summed E-state index contributed by atoms with van der Waals surface area (Å²) in [6.07, 6.45) is 5.40. The van der Waals surface area contributed by atoms with Crippen LogP contribution in [0.5, 0.6) is 0 Å². The summed E-state index contributed by atoms with van der Waals surface area (Å²) < 4.78 is 0. The largest absolute Gasteiger partial charge is 0.409 e. The summed E-state index contributed by atoms with van der Waals surface area (Å²) in [4.78, 5) is 2.55. The van der Waals surface area contributed by atoms with Crippen molar-refractivity contribution in [1.29, 1.82) is 0 Å². The zero-order chi connectivity index (χ0) is 14.0. The highest BCUT2D eigenvalue weighted by atomic mass is 16.4. The highest BCUT2D eigenvalue weighted by Crippen LogP contribution is 2.49. The fourth-order valence-corrected chi connectivity index (χ4v) is 3.33. The van der Waals surface area contributed by atoms with Crippen LogP contribution in [0.2, 0.25) is 0 Å². The number of rotatable bonds is 4. The van der Waals surface area contributed by atoms with Gasteiger partial charge < -0.3 is 15.8 Å². The normalized spacial score (nSPS) is 22.1. The third-order valence-electron chi connectivity index (χ3n) is 4.71. The Balaban J connectivity index is 1.61. The molecule has 0 bridgehead atoms. The van der Waals surface area contributed by atoms with Crippen LogP contribution in [0, 0.1) is 5.41 Å². The number of amidine groups is 1. The molecule has 1 aliphatic carbocycles. The van der Waals surface area contributed by atoms with E-state index in [0.29, 0.717) is 5.84 Å². The van der Waals surface area contributed by atoms with Crippen molar-refractivity contribution in [3.63, 3.8) is 0 Å². The van der Waals surface area contributed by atoms with Gasteiger partial charge in [0.05, 0.1) is 0 Å². The van der Waals surface area contributed by atoms with Crippen molar-refractivity contribution in [2.75, 3.05) is 19.6 Å². The van der Waals surface area contributed by atoms with Gasteiger partial charge in [0.2, 0.25) is 0 Å². The van der Waals surface area contributed by atoms with Crippen LogP contribution in [0.1, 0.15) is 30.4 Å². The number of oxime groups is 1. The van der Waals surface area contributed by atoms with Crippen molar-refractivity contribution in [2.45, 2.75) is 32.1 Å². The highest BCUT2D eigenvalue weighted by molar-refractivity contribution is 5.80. The first-order chi connectivity index (χ1) is 9.71. The molecule has 0 aromatic heterocycles. The minimum Gasteiger partial charge on any atom is -0.409 e. The number of nitrogens with zero attached hydrogens (tertiary/aromatic N) is 2. The van der Waals surface area contributed by atoms with E-state index >= 15 is 0 Å². The Morgan fingerprint density at radius 3 is 2.30 bits per heavy atom. The van der Waals surface area contributed by atoms with E-state index in [1.807, 2.05) is 0 Å². The Morgan fingerprint density at radius 2 is 1.80 bits per heavy atom. The Kier molecular flexibility index (Phi) is 3.66. The van der Waals surface area contributed by atoms with E-state index in [4.69, 9.17) is 10.9 Å². The molecule has 0 spiro atoms. The standard InChI is InChI=1S/C16H23N3O/c17-15(18-20)11-16(7-8-16)12-19-9-5-13-3-1-2-4-14(13)6-10-19/h1-4,20H,5-12H2,(H2,17,18). The molecule has 0 radical (unpaired) electrons. The maximum atomic E-state index is 8.74. The Hall–Kier alpha value is -1.55. The summed E-state index contributed by atoms with van der Waals surface area (Å²) in [5.41, 5.74) is 8.95. The number of hydrogen-bond acceptors (Lipinski definition) is 3. The van der Waals surface area contributed by atoms with Crippen LogP contribution in [-0.2, 0) is 12.8 Å². The molecule has 1 saturated carbocycles. The summed E-state index contributed by atoms with van der Waals surface area (Å²) in [6, 6.07) is 8.77. The number of hydrogen-bond donors (Lipinski definition) is 2. The first-order valence-electron chi connectivity index (χ1n) is 7.46. The van der Waals surface area contributed by atoms with Crippen LogP contribution in [0.15, 0.2) is 29.4 Å². The van der Waals surface area contributed by atoms with Crippen LogP contribution >= 0.6 is 0 Å². The highest BCUT2D eigenvalue weighted by Gasteiger charge is 2.44. The van der Waals surface area contributed by atoms with Gasteiger partial charge in [-0.15, -0.1) is 0 Å². The average Bonchev–Trinajstić information content (AvgIpc) is 3.24. The SMILES string of the molecule is NC(CC1(CN2CCc3ccccc3CC2)CC1)=NO. The van der Waals surface area contributed by atoms with Crippen LogP contribution in [0.3, 0.4) is 0 Å². The molecule has 0 atom stereocenters. The molecule has 4 heteroatoms. The van der Waals surface area contributed by atoms with Gasteiger partial charge in [-0.25, -0.2) is 0 Å². The number of benzene rings is 1. The molecule has 4 nitrogen and oxygen atoms in total. The summed E-state index contributed by atoms with van der Waals surface area (Å²) in [5.74, 6) is 0.376. The zero-order valence-corrected chi connectivity index (χ0v) is 11.9. The Bertz CT molecular complexity index is 481. The van der Waals surface area contributed by atoms with Gasteiger partial charge in [-0.05, 0) is 42.2 Å². The molecule has 0 saturated heterocycles. The van der Waals surface area contributed by atoms with Crippen molar-refractivity contribution in [2.24, 2.45) is 16.3 Å². The molecular weight excluding hydrogens is 250 g/mol. The molecule has 2 aliphatic rings. The fourth-order valence-electron chi connectivity index (χ4n) is 3.33. The molecule has 0 amide bonds. The summed E-state index contributed by atoms with van der Waals surface area (Å²) >= 11 is 0. The predicted molar refractivity (Wildman–Crippen MR) is 80.0 cm³/mol. The van der Waals surface area contributed by atoms with Gasteiger partial charge in [0.15, 0.2) is 0 Å². The summed E-state index contributed by atoms with van der Waals surface area (Å²) in [6.45, 7) is 3.32. The maximum Gasteiger partial charge on any atom is 0.139 e. The molecule has 1 aliphatic heterocycles. The lowest BCUT2D eigenvalue weighted by atomic mass is 10.0. The van der Waals surface area contributed by atoms with E-state index in [0.717, 1.165) is 38.9 Å². The molecule has 3 N–H and O–H groups in total. The first kappa shape index (κ1) is 13.4. The number of fused-ring (bicyclic) bond motifs is 1. The third kappa shape index (κ3) is 2.96. The van der Waals surface area contributed by atoms with Crippen LogP contribution < -0.4 is 5.73 Å². The van der Waals surface area contributed by atoms with Gasteiger partial charge >= 0.3 is 0 Å². The van der Waals surface area contributed by atoms with Crippen LogP contribution in [0.4, 0.5) is 0 Å². The summed E-state index contributed by atoms with van der Waals surface area (Å²) in [5, 5.41) is 11.9. The quantitative estimate of drug-likeness (QED) is 0.382. The average molecular weight is 273 g/mol. The smallest absolute Gasteiger partial charge is 0.139 e. The minimum absolute atomic E-state index is 0.271. The molecule has 1 heterocycles. The number of nitrogens with two attached hydrogens (primary N) is 1.